The van der Waals surface area contributed by atoms with Crippen LogP contribution in [-0.4, -0.2) is 50.8 Å². The van der Waals surface area contributed by atoms with Crippen LogP contribution in [0.4, 0.5) is 0 Å². The second kappa shape index (κ2) is 6.88. The summed E-state index contributed by atoms with van der Waals surface area (Å²) in [5.74, 6) is 0. The molecule has 1 atom stereocenters. The van der Waals surface area contributed by atoms with Gasteiger partial charge in [-0.1, -0.05) is 13.8 Å². The van der Waals surface area contributed by atoms with Gasteiger partial charge in [-0.3, -0.25) is 4.90 Å². The average Bonchev–Trinajstić information content (AvgIpc) is 2.38. The van der Waals surface area contributed by atoms with E-state index in [2.05, 4.69) is 38.0 Å². The Kier molecular flexibility index (Phi) is 6.09. The van der Waals surface area contributed by atoms with Crippen molar-refractivity contribution in [2.24, 2.45) is 5.41 Å². The highest BCUT2D eigenvalue weighted by Crippen LogP contribution is 2.31. The summed E-state index contributed by atoms with van der Waals surface area (Å²) in [5, 5.41) is 3.38. The fraction of sp³-hybridized carbons (Fsp3) is 1.00. The van der Waals surface area contributed by atoms with Crippen molar-refractivity contribution in [2.45, 2.75) is 52.1 Å². The molecule has 1 fully saturated rings. The highest BCUT2D eigenvalue weighted by Gasteiger charge is 2.35. The van der Waals surface area contributed by atoms with Gasteiger partial charge in [-0.15, -0.1) is 0 Å². The Hall–Kier alpha value is -0.120. The van der Waals surface area contributed by atoms with Crippen molar-refractivity contribution in [3.05, 3.63) is 0 Å². The molecule has 1 rings (SSSR count). The molecule has 0 radical (unpaired) electrons. The first kappa shape index (κ1) is 15.9. The summed E-state index contributed by atoms with van der Waals surface area (Å²) in [4.78, 5) is 2.61. The minimum Gasteiger partial charge on any atom is -0.377 e. The monoisotopic (exact) mass is 256 g/mol. The fourth-order valence-corrected chi connectivity index (χ4v) is 3.24. The van der Waals surface area contributed by atoms with E-state index < -0.39 is 0 Å². The maximum Gasteiger partial charge on any atom is 0.0777 e. The number of hydrogen-bond donors (Lipinski definition) is 1. The van der Waals surface area contributed by atoms with Crippen molar-refractivity contribution in [1.82, 2.24) is 10.2 Å². The Bertz CT molecular complexity index is 241. The van der Waals surface area contributed by atoms with Crippen molar-refractivity contribution in [1.29, 1.82) is 0 Å². The van der Waals surface area contributed by atoms with Crippen molar-refractivity contribution in [3.8, 4) is 0 Å². The smallest absolute Gasteiger partial charge is 0.0777 e. The SMILES string of the molecule is CCC(CC)(CNC)CN1CCCC(C)(OC)C1. The molecular weight excluding hydrogens is 224 g/mol. The summed E-state index contributed by atoms with van der Waals surface area (Å²) in [5.41, 5.74) is 0.478. The predicted molar refractivity (Wildman–Crippen MR) is 78.0 cm³/mol. The molecule has 1 aliphatic heterocycles. The van der Waals surface area contributed by atoms with Gasteiger partial charge in [-0.2, -0.15) is 0 Å². The van der Waals surface area contributed by atoms with Crippen molar-refractivity contribution >= 4 is 0 Å². The van der Waals surface area contributed by atoms with Crippen molar-refractivity contribution in [3.63, 3.8) is 0 Å². The Morgan fingerprint density at radius 1 is 1.33 bits per heavy atom. The third-order valence-electron chi connectivity index (χ3n) is 4.84. The predicted octanol–water partition coefficient (Wildman–Crippen LogP) is 2.51. The lowest BCUT2D eigenvalue weighted by Crippen LogP contribution is -2.52. The summed E-state index contributed by atoms with van der Waals surface area (Å²) in [6.45, 7) is 11.5. The molecule has 0 aromatic heterocycles. The summed E-state index contributed by atoms with van der Waals surface area (Å²) >= 11 is 0. The highest BCUT2D eigenvalue weighted by atomic mass is 16.5. The number of nitrogens with zero attached hydrogens (tertiary/aromatic N) is 1. The van der Waals surface area contributed by atoms with E-state index in [-0.39, 0.29) is 5.60 Å². The number of piperidine rings is 1. The first-order valence-corrected chi connectivity index (χ1v) is 7.45. The zero-order chi connectivity index (χ0) is 13.6. The van der Waals surface area contributed by atoms with Crippen LogP contribution in [-0.2, 0) is 4.74 Å². The first-order chi connectivity index (χ1) is 8.53. The van der Waals surface area contributed by atoms with Gasteiger partial charge in [-0.25, -0.2) is 0 Å². The van der Waals surface area contributed by atoms with Crippen LogP contribution < -0.4 is 5.32 Å². The van der Waals surface area contributed by atoms with Gasteiger partial charge in [0.2, 0.25) is 0 Å². The zero-order valence-corrected chi connectivity index (χ0v) is 13.0. The summed E-state index contributed by atoms with van der Waals surface area (Å²) < 4.78 is 5.69. The molecule has 1 saturated heterocycles. The maximum absolute atomic E-state index is 5.69. The van der Waals surface area contributed by atoms with Crippen LogP contribution in [0.15, 0.2) is 0 Å². The average molecular weight is 256 g/mol. The second-order valence-corrected chi connectivity index (χ2v) is 6.21. The van der Waals surface area contributed by atoms with E-state index in [1.807, 2.05) is 7.11 Å². The normalized spacial score (nSPS) is 26.5. The number of hydrogen-bond acceptors (Lipinski definition) is 3. The van der Waals surface area contributed by atoms with E-state index in [4.69, 9.17) is 4.74 Å². The molecule has 0 bridgehead atoms. The largest absolute Gasteiger partial charge is 0.377 e. The lowest BCUT2D eigenvalue weighted by atomic mass is 9.80. The highest BCUT2D eigenvalue weighted by molar-refractivity contribution is 4.89. The molecule has 108 valence electrons. The third kappa shape index (κ3) is 3.94. The Labute approximate surface area is 113 Å². The van der Waals surface area contributed by atoms with Gasteiger partial charge >= 0.3 is 0 Å². The number of likely N-dealkylation sites (tertiary alicyclic amines) is 1. The molecule has 1 unspecified atom stereocenters. The molecule has 0 saturated carbocycles. The Balaban J connectivity index is 2.63. The molecule has 0 amide bonds. The maximum atomic E-state index is 5.69. The molecular formula is C15H32N2O. The minimum absolute atomic E-state index is 0.0606. The van der Waals surface area contributed by atoms with Crippen LogP contribution >= 0.6 is 0 Å². The summed E-state index contributed by atoms with van der Waals surface area (Å²) in [6.07, 6.45) is 4.93. The number of methoxy groups -OCH3 is 1. The van der Waals surface area contributed by atoms with E-state index in [1.165, 1.54) is 38.8 Å². The van der Waals surface area contributed by atoms with Gasteiger partial charge < -0.3 is 10.1 Å². The van der Waals surface area contributed by atoms with Gasteiger partial charge in [0.05, 0.1) is 5.60 Å². The van der Waals surface area contributed by atoms with E-state index in [0.717, 1.165) is 13.1 Å². The quantitative estimate of drug-likeness (QED) is 0.757. The summed E-state index contributed by atoms with van der Waals surface area (Å²) in [6, 6.07) is 0. The Morgan fingerprint density at radius 2 is 2.00 bits per heavy atom. The van der Waals surface area contributed by atoms with Gasteiger partial charge in [-0.05, 0) is 51.6 Å². The third-order valence-corrected chi connectivity index (χ3v) is 4.84. The number of ether oxygens (including phenoxy) is 1. The van der Waals surface area contributed by atoms with Crippen molar-refractivity contribution in [2.75, 3.05) is 40.3 Å². The van der Waals surface area contributed by atoms with Crippen LogP contribution in [0.1, 0.15) is 46.5 Å². The summed E-state index contributed by atoms with van der Waals surface area (Å²) in [7, 11) is 3.92. The number of rotatable bonds is 7. The standard InChI is InChI=1S/C15H32N2O/c1-6-15(7-2,11-16-4)13-17-10-8-9-14(3,12-17)18-5/h16H,6-13H2,1-5H3. The molecule has 18 heavy (non-hydrogen) atoms. The minimum atomic E-state index is 0.0606. The van der Waals surface area contributed by atoms with E-state index >= 15 is 0 Å². The van der Waals surface area contributed by atoms with E-state index in [1.54, 1.807) is 0 Å². The molecule has 3 heteroatoms. The molecule has 0 aromatic rings. The van der Waals surface area contributed by atoms with Crippen LogP contribution in [0.25, 0.3) is 0 Å². The topological polar surface area (TPSA) is 24.5 Å². The molecule has 3 nitrogen and oxygen atoms in total. The van der Waals surface area contributed by atoms with Crippen LogP contribution in [0.2, 0.25) is 0 Å². The molecule has 1 heterocycles. The molecule has 0 aromatic carbocycles. The molecule has 1 N–H and O–H groups in total. The number of nitrogens with one attached hydrogen (secondary N) is 1. The van der Waals surface area contributed by atoms with Gasteiger partial charge in [0.1, 0.15) is 0 Å². The molecule has 0 spiro atoms. The van der Waals surface area contributed by atoms with Gasteiger partial charge in [0, 0.05) is 26.7 Å². The van der Waals surface area contributed by atoms with Crippen LogP contribution in [0.3, 0.4) is 0 Å². The first-order valence-electron chi connectivity index (χ1n) is 7.45. The second-order valence-electron chi connectivity index (χ2n) is 6.21. The zero-order valence-electron chi connectivity index (χ0n) is 13.0. The molecule has 0 aliphatic carbocycles. The van der Waals surface area contributed by atoms with Crippen LogP contribution in [0.5, 0.6) is 0 Å². The fourth-order valence-electron chi connectivity index (χ4n) is 3.24. The van der Waals surface area contributed by atoms with E-state index in [9.17, 15) is 0 Å². The lowest BCUT2D eigenvalue weighted by molar-refractivity contribution is -0.0599. The Morgan fingerprint density at radius 3 is 2.50 bits per heavy atom. The van der Waals surface area contributed by atoms with Gasteiger partial charge in [0.15, 0.2) is 0 Å². The van der Waals surface area contributed by atoms with E-state index in [0.29, 0.717) is 5.41 Å². The lowest BCUT2D eigenvalue weighted by Gasteiger charge is -2.44. The molecule has 1 aliphatic rings. The van der Waals surface area contributed by atoms with Crippen LogP contribution in [0, 0.1) is 5.41 Å². The van der Waals surface area contributed by atoms with Crippen molar-refractivity contribution < 1.29 is 4.74 Å². The van der Waals surface area contributed by atoms with Gasteiger partial charge in [0.25, 0.3) is 0 Å².